The maximum Gasteiger partial charge on any atom is 0.108 e. The fourth-order valence-corrected chi connectivity index (χ4v) is 3.65. The lowest BCUT2D eigenvalue weighted by Crippen LogP contribution is -2.11. The number of aryl methyl sites for hydroxylation is 1. The SMILES string of the molecule is CCc1ncc(CNCc2nc3ccccc3s2)s1. The summed E-state index contributed by atoms with van der Waals surface area (Å²) in [6.07, 6.45) is 2.98. The Morgan fingerprint density at radius 2 is 2.00 bits per heavy atom. The fraction of sp³-hybridized carbons (Fsp3) is 0.286. The number of thiazole rings is 2. The summed E-state index contributed by atoms with van der Waals surface area (Å²) in [6.45, 7) is 3.82. The van der Waals surface area contributed by atoms with Crippen molar-refractivity contribution >= 4 is 32.9 Å². The van der Waals surface area contributed by atoms with Gasteiger partial charge < -0.3 is 5.32 Å². The lowest BCUT2D eigenvalue weighted by atomic mass is 10.3. The van der Waals surface area contributed by atoms with Crippen molar-refractivity contribution in [3.63, 3.8) is 0 Å². The van der Waals surface area contributed by atoms with Crippen LogP contribution in [0.15, 0.2) is 30.5 Å². The number of benzene rings is 1. The summed E-state index contributed by atoms with van der Waals surface area (Å²) >= 11 is 3.54. The Balaban J connectivity index is 1.59. The van der Waals surface area contributed by atoms with Gasteiger partial charge in [-0.1, -0.05) is 19.1 Å². The van der Waals surface area contributed by atoms with E-state index in [4.69, 9.17) is 0 Å². The van der Waals surface area contributed by atoms with Crippen molar-refractivity contribution in [1.29, 1.82) is 0 Å². The zero-order chi connectivity index (χ0) is 13.1. The van der Waals surface area contributed by atoms with Crippen LogP contribution in [0, 0.1) is 0 Å². The van der Waals surface area contributed by atoms with E-state index in [-0.39, 0.29) is 0 Å². The van der Waals surface area contributed by atoms with Crippen LogP contribution in [0.25, 0.3) is 10.2 Å². The molecular weight excluding hydrogens is 274 g/mol. The van der Waals surface area contributed by atoms with Crippen LogP contribution in [-0.4, -0.2) is 9.97 Å². The Labute approximate surface area is 120 Å². The molecule has 3 rings (SSSR count). The van der Waals surface area contributed by atoms with E-state index in [1.54, 1.807) is 22.7 Å². The number of aromatic nitrogens is 2. The first kappa shape index (κ1) is 12.7. The van der Waals surface area contributed by atoms with Crippen molar-refractivity contribution in [1.82, 2.24) is 15.3 Å². The van der Waals surface area contributed by atoms with E-state index in [0.29, 0.717) is 0 Å². The van der Waals surface area contributed by atoms with Gasteiger partial charge in [-0.25, -0.2) is 9.97 Å². The van der Waals surface area contributed by atoms with Gasteiger partial charge in [-0.3, -0.25) is 0 Å². The summed E-state index contributed by atoms with van der Waals surface area (Å²) in [4.78, 5) is 10.3. The van der Waals surface area contributed by atoms with Crippen molar-refractivity contribution < 1.29 is 0 Å². The number of rotatable bonds is 5. The molecule has 3 nitrogen and oxygen atoms in total. The predicted molar refractivity (Wildman–Crippen MR) is 81.7 cm³/mol. The van der Waals surface area contributed by atoms with Crippen molar-refractivity contribution in [3.8, 4) is 0 Å². The van der Waals surface area contributed by atoms with E-state index in [0.717, 1.165) is 30.0 Å². The Morgan fingerprint density at radius 1 is 1.11 bits per heavy atom. The van der Waals surface area contributed by atoms with Crippen LogP contribution in [0.4, 0.5) is 0 Å². The molecule has 0 amide bonds. The second-order valence-electron chi connectivity index (χ2n) is 4.25. The molecule has 1 aromatic carbocycles. The van der Waals surface area contributed by atoms with Crippen LogP contribution in [-0.2, 0) is 19.5 Å². The first-order valence-electron chi connectivity index (χ1n) is 6.34. The monoisotopic (exact) mass is 289 g/mol. The lowest BCUT2D eigenvalue weighted by Gasteiger charge is -1.98. The highest BCUT2D eigenvalue weighted by atomic mass is 32.1. The summed E-state index contributed by atoms with van der Waals surface area (Å²) in [6, 6.07) is 8.27. The number of hydrogen-bond donors (Lipinski definition) is 1. The van der Waals surface area contributed by atoms with Gasteiger partial charge in [-0.15, -0.1) is 22.7 Å². The molecule has 98 valence electrons. The van der Waals surface area contributed by atoms with E-state index in [1.165, 1.54) is 14.6 Å². The van der Waals surface area contributed by atoms with Gasteiger partial charge in [-0.05, 0) is 18.6 Å². The predicted octanol–water partition coefficient (Wildman–Crippen LogP) is 3.61. The van der Waals surface area contributed by atoms with Crippen LogP contribution in [0.1, 0.15) is 21.8 Å². The molecule has 0 atom stereocenters. The molecule has 0 unspecified atom stereocenters. The molecule has 2 aromatic heterocycles. The highest BCUT2D eigenvalue weighted by Crippen LogP contribution is 2.21. The summed E-state index contributed by atoms with van der Waals surface area (Å²) in [7, 11) is 0. The van der Waals surface area contributed by atoms with Crippen LogP contribution in [0.5, 0.6) is 0 Å². The van der Waals surface area contributed by atoms with Crippen LogP contribution in [0.3, 0.4) is 0 Å². The molecule has 0 bridgehead atoms. The van der Waals surface area contributed by atoms with Gasteiger partial charge in [-0.2, -0.15) is 0 Å². The van der Waals surface area contributed by atoms with Gasteiger partial charge >= 0.3 is 0 Å². The number of nitrogens with one attached hydrogen (secondary N) is 1. The maximum absolute atomic E-state index is 4.61. The zero-order valence-corrected chi connectivity index (χ0v) is 12.4. The van der Waals surface area contributed by atoms with Crippen molar-refractivity contribution in [2.24, 2.45) is 0 Å². The smallest absolute Gasteiger partial charge is 0.108 e. The van der Waals surface area contributed by atoms with E-state index in [1.807, 2.05) is 12.3 Å². The molecule has 0 radical (unpaired) electrons. The summed E-state index contributed by atoms with van der Waals surface area (Å²) in [5.41, 5.74) is 1.09. The van der Waals surface area contributed by atoms with Crippen molar-refractivity contribution in [2.75, 3.05) is 0 Å². The topological polar surface area (TPSA) is 37.8 Å². The van der Waals surface area contributed by atoms with Gasteiger partial charge in [0.25, 0.3) is 0 Å². The number of para-hydroxylation sites is 1. The normalized spacial score (nSPS) is 11.2. The second-order valence-corrected chi connectivity index (χ2v) is 6.57. The Hall–Kier alpha value is -1.30. The van der Waals surface area contributed by atoms with Gasteiger partial charge in [0.05, 0.1) is 15.2 Å². The number of hydrogen-bond acceptors (Lipinski definition) is 5. The standard InChI is InChI=1S/C14H15N3S2/c1-2-13-16-8-10(18-13)7-15-9-14-17-11-5-3-4-6-12(11)19-14/h3-6,8,15H,2,7,9H2,1H3. The van der Waals surface area contributed by atoms with Gasteiger partial charge in [0.15, 0.2) is 0 Å². The van der Waals surface area contributed by atoms with E-state index >= 15 is 0 Å². The largest absolute Gasteiger partial charge is 0.305 e. The molecule has 19 heavy (non-hydrogen) atoms. The average molecular weight is 289 g/mol. The van der Waals surface area contributed by atoms with Crippen LogP contribution < -0.4 is 5.32 Å². The molecule has 0 saturated heterocycles. The van der Waals surface area contributed by atoms with E-state index in [9.17, 15) is 0 Å². The maximum atomic E-state index is 4.61. The molecule has 0 aliphatic heterocycles. The third-order valence-corrected chi connectivity index (χ3v) is 5.00. The molecule has 0 aliphatic carbocycles. The number of fused-ring (bicyclic) bond motifs is 1. The molecular formula is C14H15N3S2. The molecule has 2 heterocycles. The van der Waals surface area contributed by atoms with Crippen LogP contribution in [0.2, 0.25) is 0 Å². The minimum atomic E-state index is 0.818. The van der Waals surface area contributed by atoms with E-state index in [2.05, 4.69) is 40.4 Å². The molecule has 0 fully saturated rings. The quantitative estimate of drug-likeness (QED) is 0.780. The Morgan fingerprint density at radius 3 is 2.79 bits per heavy atom. The average Bonchev–Trinajstić information content (AvgIpc) is 3.04. The van der Waals surface area contributed by atoms with Crippen LogP contribution >= 0.6 is 22.7 Å². The fourth-order valence-electron chi connectivity index (χ4n) is 1.88. The van der Waals surface area contributed by atoms with Crippen molar-refractivity contribution in [3.05, 3.63) is 45.4 Å². The molecule has 5 heteroatoms. The Kier molecular flexibility index (Phi) is 3.87. The minimum Gasteiger partial charge on any atom is -0.305 e. The van der Waals surface area contributed by atoms with E-state index < -0.39 is 0 Å². The highest BCUT2D eigenvalue weighted by molar-refractivity contribution is 7.18. The Bertz CT molecular complexity index is 639. The highest BCUT2D eigenvalue weighted by Gasteiger charge is 2.04. The third kappa shape index (κ3) is 3.00. The first-order chi connectivity index (χ1) is 9.35. The van der Waals surface area contributed by atoms with Gasteiger partial charge in [0, 0.05) is 24.2 Å². The lowest BCUT2D eigenvalue weighted by molar-refractivity contribution is 0.697. The molecule has 1 N–H and O–H groups in total. The summed E-state index contributed by atoms with van der Waals surface area (Å²) in [5.74, 6) is 0. The summed E-state index contributed by atoms with van der Waals surface area (Å²) in [5, 5.41) is 5.78. The van der Waals surface area contributed by atoms with Gasteiger partial charge in [0.1, 0.15) is 5.01 Å². The molecule has 3 aromatic rings. The molecule has 0 aliphatic rings. The molecule has 0 spiro atoms. The van der Waals surface area contributed by atoms with Gasteiger partial charge in [0.2, 0.25) is 0 Å². The minimum absolute atomic E-state index is 0.818. The molecule has 0 saturated carbocycles. The number of nitrogens with zero attached hydrogens (tertiary/aromatic N) is 2. The third-order valence-electron chi connectivity index (χ3n) is 2.82. The first-order valence-corrected chi connectivity index (χ1v) is 7.97. The second kappa shape index (κ2) is 5.77. The summed E-state index contributed by atoms with van der Waals surface area (Å²) < 4.78 is 1.25. The zero-order valence-electron chi connectivity index (χ0n) is 10.7. The van der Waals surface area contributed by atoms with Crippen molar-refractivity contribution in [2.45, 2.75) is 26.4 Å².